The third-order valence-electron chi connectivity index (χ3n) is 4.30. The van der Waals surface area contributed by atoms with Gasteiger partial charge in [0.2, 0.25) is 0 Å². The summed E-state index contributed by atoms with van der Waals surface area (Å²) < 4.78 is 0. The highest BCUT2D eigenvalue weighted by Gasteiger charge is 2.25. The predicted octanol–water partition coefficient (Wildman–Crippen LogP) is 2.57. The Hall–Kier alpha value is -1.51. The molecular weight excluding hydrogens is 224 g/mol. The Labute approximate surface area is 108 Å². The molecular formula is C15H20N2O. The first-order valence-electron chi connectivity index (χ1n) is 6.92. The highest BCUT2D eigenvalue weighted by Crippen LogP contribution is 2.29. The molecule has 0 radical (unpaired) electrons. The molecule has 3 heteroatoms. The van der Waals surface area contributed by atoms with Crippen molar-refractivity contribution in [3.8, 4) is 0 Å². The molecule has 1 aromatic rings. The molecule has 0 saturated heterocycles. The van der Waals surface area contributed by atoms with Gasteiger partial charge in [-0.3, -0.25) is 4.79 Å². The smallest absolute Gasteiger partial charge is 0.251 e. The number of fused-ring (bicyclic) bond motifs is 1. The van der Waals surface area contributed by atoms with Crippen molar-refractivity contribution in [3.05, 3.63) is 29.3 Å². The molecule has 1 aromatic carbocycles. The molecule has 1 unspecified atom stereocenters. The van der Waals surface area contributed by atoms with Crippen LogP contribution in [-0.4, -0.2) is 18.5 Å². The second kappa shape index (κ2) is 4.63. The quantitative estimate of drug-likeness (QED) is 0.858. The molecule has 0 bridgehead atoms. The lowest BCUT2D eigenvalue weighted by Crippen LogP contribution is -2.40. The van der Waals surface area contributed by atoms with Gasteiger partial charge >= 0.3 is 0 Å². The summed E-state index contributed by atoms with van der Waals surface area (Å²) in [7, 11) is 0. The van der Waals surface area contributed by atoms with Crippen molar-refractivity contribution >= 4 is 11.6 Å². The zero-order valence-corrected chi connectivity index (χ0v) is 10.8. The molecule has 3 rings (SSSR count). The van der Waals surface area contributed by atoms with Crippen molar-refractivity contribution in [2.24, 2.45) is 5.92 Å². The van der Waals surface area contributed by atoms with Crippen LogP contribution < -0.4 is 10.6 Å². The molecule has 3 nitrogen and oxygen atoms in total. The van der Waals surface area contributed by atoms with Gasteiger partial charge < -0.3 is 10.6 Å². The van der Waals surface area contributed by atoms with Gasteiger partial charge in [0.25, 0.3) is 5.91 Å². The average molecular weight is 244 g/mol. The van der Waals surface area contributed by atoms with E-state index in [-0.39, 0.29) is 5.91 Å². The first-order chi connectivity index (χ1) is 8.74. The Morgan fingerprint density at radius 1 is 1.44 bits per heavy atom. The van der Waals surface area contributed by atoms with E-state index in [2.05, 4.69) is 23.6 Å². The van der Waals surface area contributed by atoms with Crippen LogP contribution in [0.4, 0.5) is 5.69 Å². The van der Waals surface area contributed by atoms with Crippen LogP contribution in [-0.2, 0) is 6.42 Å². The SMILES string of the molecule is CC(NC(=O)c1ccc2c(c1)NCC2)C1CCC1. The summed E-state index contributed by atoms with van der Waals surface area (Å²) in [6.45, 7) is 3.10. The normalized spacial score (nSPS) is 19.6. The van der Waals surface area contributed by atoms with Gasteiger partial charge in [-0.2, -0.15) is 0 Å². The minimum Gasteiger partial charge on any atom is -0.384 e. The van der Waals surface area contributed by atoms with Crippen LogP contribution in [0.15, 0.2) is 18.2 Å². The minimum atomic E-state index is 0.0610. The number of carbonyl (C=O) groups is 1. The number of hydrogen-bond acceptors (Lipinski definition) is 2. The van der Waals surface area contributed by atoms with E-state index in [4.69, 9.17) is 0 Å². The van der Waals surface area contributed by atoms with E-state index in [0.717, 1.165) is 24.2 Å². The fourth-order valence-electron chi connectivity index (χ4n) is 2.78. The Balaban J connectivity index is 1.68. The maximum absolute atomic E-state index is 12.2. The van der Waals surface area contributed by atoms with Crippen molar-refractivity contribution in [1.82, 2.24) is 5.32 Å². The van der Waals surface area contributed by atoms with Crippen LogP contribution in [0.25, 0.3) is 0 Å². The molecule has 2 aliphatic rings. The van der Waals surface area contributed by atoms with E-state index >= 15 is 0 Å². The molecule has 0 aromatic heterocycles. The van der Waals surface area contributed by atoms with Gasteiger partial charge in [-0.05, 0) is 49.8 Å². The number of benzene rings is 1. The number of amides is 1. The van der Waals surface area contributed by atoms with Gasteiger partial charge in [0, 0.05) is 23.8 Å². The van der Waals surface area contributed by atoms with E-state index < -0.39 is 0 Å². The van der Waals surface area contributed by atoms with Crippen LogP contribution in [0.3, 0.4) is 0 Å². The Kier molecular flexibility index (Phi) is 2.98. The Morgan fingerprint density at radius 3 is 3.00 bits per heavy atom. The topological polar surface area (TPSA) is 41.1 Å². The number of nitrogens with one attached hydrogen (secondary N) is 2. The molecule has 1 aliphatic carbocycles. The molecule has 1 fully saturated rings. The maximum Gasteiger partial charge on any atom is 0.251 e. The number of carbonyl (C=O) groups excluding carboxylic acids is 1. The summed E-state index contributed by atoms with van der Waals surface area (Å²) in [5.41, 5.74) is 3.21. The molecule has 1 atom stereocenters. The first kappa shape index (κ1) is 11.6. The highest BCUT2D eigenvalue weighted by molar-refractivity contribution is 5.95. The zero-order chi connectivity index (χ0) is 12.5. The van der Waals surface area contributed by atoms with Gasteiger partial charge in [-0.25, -0.2) is 0 Å². The van der Waals surface area contributed by atoms with E-state index in [1.807, 2.05) is 12.1 Å². The van der Waals surface area contributed by atoms with E-state index in [1.165, 1.54) is 24.8 Å². The van der Waals surface area contributed by atoms with Crippen molar-refractivity contribution in [3.63, 3.8) is 0 Å². The molecule has 0 spiro atoms. The van der Waals surface area contributed by atoms with Gasteiger partial charge in [0.15, 0.2) is 0 Å². The van der Waals surface area contributed by atoms with Gasteiger partial charge in [0.1, 0.15) is 0 Å². The molecule has 1 aliphatic heterocycles. The van der Waals surface area contributed by atoms with Gasteiger partial charge in [-0.15, -0.1) is 0 Å². The number of hydrogen-bond donors (Lipinski definition) is 2. The Bertz CT molecular complexity index is 466. The summed E-state index contributed by atoms with van der Waals surface area (Å²) in [5.74, 6) is 0.743. The summed E-state index contributed by atoms with van der Waals surface area (Å²) in [6.07, 6.45) is 4.89. The molecule has 96 valence electrons. The van der Waals surface area contributed by atoms with Crippen molar-refractivity contribution in [2.75, 3.05) is 11.9 Å². The van der Waals surface area contributed by atoms with Crippen molar-refractivity contribution in [2.45, 2.75) is 38.6 Å². The lowest BCUT2D eigenvalue weighted by Gasteiger charge is -2.31. The first-order valence-corrected chi connectivity index (χ1v) is 6.92. The molecule has 18 heavy (non-hydrogen) atoms. The molecule has 2 N–H and O–H groups in total. The lowest BCUT2D eigenvalue weighted by atomic mass is 9.80. The standard InChI is InChI=1S/C15H20N2O/c1-10(11-3-2-4-11)17-15(18)13-6-5-12-7-8-16-14(12)9-13/h5-6,9-11,16H,2-4,7-8H2,1H3,(H,17,18). The second-order valence-corrected chi connectivity index (χ2v) is 5.50. The summed E-state index contributed by atoms with van der Waals surface area (Å²) in [4.78, 5) is 12.2. The van der Waals surface area contributed by atoms with Crippen LogP contribution in [0, 0.1) is 5.92 Å². The third kappa shape index (κ3) is 2.09. The van der Waals surface area contributed by atoms with Crippen LogP contribution in [0.5, 0.6) is 0 Å². The van der Waals surface area contributed by atoms with Crippen LogP contribution >= 0.6 is 0 Å². The van der Waals surface area contributed by atoms with E-state index in [9.17, 15) is 4.79 Å². The predicted molar refractivity (Wildman–Crippen MR) is 72.9 cm³/mol. The highest BCUT2D eigenvalue weighted by atomic mass is 16.1. The van der Waals surface area contributed by atoms with E-state index in [0.29, 0.717) is 12.0 Å². The fourth-order valence-corrected chi connectivity index (χ4v) is 2.78. The number of rotatable bonds is 3. The average Bonchev–Trinajstić information content (AvgIpc) is 2.72. The third-order valence-corrected chi connectivity index (χ3v) is 4.30. The summed E-state index contributed by atoms with van der Waals surface area (Å²) >= 11 is 0. The second-order valence-electron chi connectivity index (χ2n) is 5.50. The number of anilines is 1. The fraction of sp³-hybridized carbons (Fsp3) is 0.533. The van der Waals surface area contributed by atoms with E-state index in [1.54, 1.807) is 0 Å². The van der Waals surface area contributed by atoms with Gasteiger partial charge in [0.05, 0.1) is 0 Å². The summed E-state index contributed by atoms with van der Waals surface area (Å²) in [5, 5.41) is 6.44. The van der Waals surface area contributed by atoms with Crippen molar-refractivity contribution in [1.29, 1.82) is 0 Å². The lowest BCUT2D eigenvalue weighted by molar-refractivity contribution is 0.0909. The van der Waals surface area contributed by atoms with Crippen LogP contribution in [0.1, 0.15) is 42.1 Å². The maximum atomic E-state index is 12.2. The summed E-state index contributed by atoms with van der Waals surface area (Å²) in [6, 6.07) is 6.28. The Morgan fingerprint density at radius 2 is 2.28 bits per heavy atom. The van der Waals surface area contributed by atoms with Crippen LogP contribution in [0.2, 0.25) is 0 Å². The molecule has 1 amide bonds. The van der Waals surface area contributed by atoms with Crippen molar-refractivity contribution < 1.29 is 4.79 Å². The van der Waals surface area contributed by atoms with Gasteiger partial charge in [-0.1, -0.05) is 12.5 Å². The molecule has 1 heterocycles. The minimum absolute atomic E-state index is 0.0610. The largest absolute Gasteiger partial charge is 0.384 e. The monoisotopic (exact) mass is 244 g/mol. The molecule has 1 saturated carbocycles. The zero-order valence-electron chi connectivity index (χ0n) is 10.8.